The van der Waals surface area contributed by atoms with Crippen molar-refractivity contribution >= 4 is 8.03 Å². The molecule has 0 aliphatic carbocycles. The van der Waals surface area contributed by atoms with Gasteiger partial charge in [-0.1, -0.05) is 4.57 Å². The molecule has 0 aliphatic heterocycles. The molecule has 0 bridgehead atoms. The molecule has 0 fully saturated rings. The number of aromatic nitrogens is 1. The molecule has 0 aliphatic rings. The minimum absolute atomic E-state index is 0. The zero-order chi connectivity index (χ0) is 8.27. The van der Waals surface area contributed by atoms with E-state index in [2.05, 4.69) is 4.98 Å². The molecule has 12 heavy (non-hydrogen) atoms. The zero-order valence-corrected chi connectivity index (χ0v) is 9.44. The molecule has 0 aromatic carbocycles. The van der Waals surface area contributed by atoms with E-state index in [0.29, 0.717) is 5.56 Å². The molecule has 2 atom stereocenters. The molecule has 0 saturated carbocycles. The van der Waals surface area contributed by atoms with Gasteiger partial charge in [0.05, 0.1) is 0 Å². The van der Waals surface area contributed by atoms with Crippen LogP contribution >= 0.6 is 8.03 Å². The molecule has 1 N–H and O–H groups in total. The third-order valence-electron chi connectivity index (χ3n) is 1.18. The van der Waals surface area contributed by atoms with Crippen LogP contribution in [0.3, 0.4) is 0 Å². The monoisotopic (exact) mass is 194 g/mol. The molecule has 1 rings (SSSR count). The quantitative estimate of drug-likeness (QED) is 0.407. The SMILES string of the molecule is O=[P+]([O-])C(O)c1cccnc1.[Na+]. The normalized spacial score (nSPS) is 13.0. The van der Waals surface area contributed by atoms with E-state index >= 15 is 0 Å². The number of hydrogen-bond donors (Lipinski definition) is 1. The molecule has 0 radical (unpaired) electrons. The van der Waals surface area contributed by atoms with Gasteiger partial charge in [0, 0.05) is 18.0 Å². The van der Waals surface area contributed by atoms with E-state index in [-0.39, 0.29) is 29.6 Å². The first kappa shape index (κ1) is 12.2. The largest absolute Gasteiger partial charge is 1.00 e. The molecule has 0 amide bonds. The van der Waals surface area contributed by atoms with Crippen LogP contribution in [0.15, 0.2) is 24.5 Å². The van der Waals surface area contributed by atoms with Crippen molar-refractivity contribution in [3.8, 4) is 0 Å². The third-order valence-corrected chi connectivity index (χ3v) is 1.88. The van der Waals surface area contributed by atoms with Crippen molar-refractivity contribution in [3.63, 3.8) is 0 Å². The first-order valence-electron chi connectivity index (χ1n) is 2.93. The first-order chi connectivity index (χ1) is 5.22. The Balaban J connectivity index is 0.00000121. The molecule has 1 aromatic heterocycles. The molecular weight excluding hydrogens is 188 g/mol. The average molecular weight is 194 g/mol. The summed E-state index contributed by atoms with van der Waals surface area (Å²) in [6.45, 7) is 0. The molecule has 58 valence electrons. The van der Waals surface area contributed by atoms with E-state index in [1.165, 1.54) is 18.5 Å². The van der Waals surface area contributed by atoms with E-state index in [0.717, 1.165) is 0 Å². The van der Waals surface area contributed by atoms with Crippen molar-refractivity contribution < 1.29 is 44.1 Å². The van der Waals surface area contributed by atoms with Crippen molar-refractivity contribution in [2.24, 2.45) is 0 Å². The third kappa shape index (κ3) is 3.27. The predicted molar refractivity (Wildman–Crippen MR) is 36.8 cm³/mol. The van der Waals surface area contributed by atoms with Gasteiger partial charge in [0.15, 0.2) is 0 Å². The molecule has 6 heteroatoms. The molecule has 2 unspecified atom stereocenters. The van der Waals surface area contributed by atoms with Gasteiger partial charge in [-0.15, -0.1) is 0 Å². The fourth-order valence-electron chi connectivity index (χ4n) is 0.650. The summed E-state index contributed by atoms with van der Waals surface area (Å²) in [7, 11) is -2.82. The number of pyridine rings is 1. The van der Waals surface area contributed by atoms with Gasteiger partial charge in [-0.2, -0.15) is 0 Å². The van der Waals surface area contributed by atoms with Gasteiger partial charge in [0.25, 0.3) is 5.85 Å². The Bertz CT molecular complexity index is 256. The van der Waals surface area contributed by atoms with Crippen LogP contribution in [0.1, 0.15) is 11.4 Å². The van der Waals surface area contributed by atoms with Gasteiger partial charge in [0.1, 0.15) is 0 Å². The van der Waals surface area contributed by atoms with Crippen molar-refractivity contribution in [1.82, 2.24) is 4.98 Å². The van der Waals surface area contributed by atoms with Crippen LogP contribution in [-0.2, 0) is 4.57 Å². The maximum absolute atomic E-state index is 10.3. The molecule has 1 heterocycles. The molecule has 1 aromatic rings. The van der Waals surface area contributed by atoms with E-state index in [4.69, 9.17) is 5.11 Å². The van der Waals surface area contributed by atoms with Crippen LogP contribution in [-0.4, -0.2) is 10.1 Å². The molecular formula is C6H6NNaO3P+. The van der Waals surface area contributed by atoms with E-state index in [1.807, 2.05) is 0 Å². The van der Waals surface area contributed by atoms with Crippen LogP contribution in [0, 0.1) is 0 Å². The van der Waals surface area contributed by atoms with Gasteiger partial charge in [-0.3, -0.25) is 4.98 Å². The minimum Gasteiger partial charge on any atom is -0.593 e. The van der Waals surface area contributed by atoms with Crippen LogP contribution < -0.4 is 34.5 Å². The number of hydrogen-bond acceptors (Lipinski definition) is 4. The summed E-state index contributed by atoms with van der Waals surface area (Å²) in [5, 5.41) is 8.96. The second-order valence-electron chi connectivity index (χ2n) is 1.95. The number of nitrogens with zero attached hydrogens (tertiary/aromatic N) is 1. The van der Waals surface area contributed by atoms with E-state index in [1.54, 1.807) is 6.07 Å². The van der Waals surface area contributed by atoms with Crippen LogP contribution in [0.2, 0.25) is 0 Å². The van der Waals surface area contributed by atoms with Crippen molar-refractivity contribution in [1.29, 1.82) is 0 Å². The zero-order valence-electron chi connectivity index (χ0n) is 6.54. The van der Waals surface area contributed by atoms with E-state index < -0.39 is 13.9 Å². The van der Waals surface area contributed by atoms with Gasteiger partial charge in [-0.25, -0.2) is 0 Å². The Hall–Kier alpha value is 0.170. The van der Waals surface area contributed by atoms with Gasteiger partial charge >= 0.3 is 37.6 Å². The summed E-state index contributed by atoms with van der Waals surface area (Å²) in [6.07, 6.45) is 2.82. The molecule has 0 spiro atoms. The summed E-state index contributed by atoms with van der Waals surface area (Å²) >= 11 is 0. The molecule has 0 saturated heterocycles. The Labute approximate surface area is 92.8 Å². The number of aliphatic hydroxyl groups is 1. The summed E-state index contributed by atoms with van der Waals surface area (Å²) in [5.74, 6) is -1.43. The van der Waals surface area contributed by atoms with Crippen molar-refractivity contribution in [3.05, 3.63) is 30.1 Å². The fraction of sp³-hybridized carbons (Fsp3) is 0.167. The van der Waals surface area contributed by atoms with Crippen LogP contribution in [0.5, 0.6) is 0 Å². The van der Waals surface area contributed by atoms with Gasteiger partial charge < -0.3 is 10.00 Å². The summed E-state index contributed by atoms with van der Waals surface area (Å²) in [4.78, 5) is 13.9. The van der Waals surface area contributed by atoms with Crippen LogP contribution in [0.4, 0.5) is 0 Å². The van der Waals surface area contributed by atoms with E-state index in [9.17, 15) is 9.46 Å². The summed E-state index contributed by atoms with van der Waals surface area (Å²) in [6, 6.07) is 3.07. The Morgan fingerprint density at radius 2 is 2.33 bits per heavy atom. The summed E-state index contributed by atoms with van der Waals surface area (Å²) < 4.78 is 10.3. The van der Waals surface area contributed by atoms with Crippen molar-refractivity contribution in [2.45, 2.75) is 5.85 Å². The summed E-state index contributed by atoms with van der Waals surface area (Å²) in [5.41, 5.74) is 0.295. The standard InChI is InChI=1S/C6H6NO3P.Na/c8-6(11(9)10)5-2-1-3-7-4-5;/h1-4,6,8H;/q;+1. The maximum Gasteiger partial charge on any atom is 1.00 e. The maximum atomic E-state index is 10.3. The second kappa shape index (κ2) is 5.75. The Morgan fingerprint density at radius 3 is 2.75 bits per heavy atom. The molecule has 4 nitrogen and oxygen atoms in total. The first-order valence-corrected chi connectivity index (χ1v) is 4.18. The van der Waals surface area contributed by atoms with Crippen molar-refractivity contribution in [2.75, 3.05) is 0 Å². The predicted octanol–water partition coefficient (Wildman–Crippen LogP) is -2.82. The van der Waals surface area contributed by atoms with Gasteiger partial charge in [-0.05, 0) is 12.1 Å². The Kier molecular flexibility index (Phi) is 5.84. The fourth-order valence-corrected chi connectivity index (χ4v) is 1.05. The second-order valence-corrected chi connectivity index (χ2v) is 3.01. The number of rotatable bonds is 2. The Morgan fingerprint density at radius 1 is 1.67 bits per heavy atom. The number of aliphatic hydroxyl groups excluding tert-OH is 1. The van der Waals surface area contributed by atoms with Crippen LogP contribution in [0.25, 0.3) is 0 Å². The van der Waals surface area contributed by atoms with Gasteiger partial charge in [0.2, 0.25) is 0 Å². The smallest absolute Gasteiger partial charge is 0.593 e. The minimum atomic E-state index is -2.82. The average Bonchev–Trinajstić information content (AvgIpc) is 2.05. The topological polar surface area (TPSA) is 73.2 Å².